The van der Waals surface area contributed by atoms with Crippen LogP contribution in [0, 0.1) is 5.92 Å². The fourth-order valence-corrected chi connectivity index (χ4v) is 4.24. The summed E-state index contributed by atoms with van der Waals surface area (Å²) in [6, 6.07) is 18.6. The minimum Gasteiger partial charge on any atom is -0.254 e. The van der Waals surface area contributed by atoms with E-state index in [2.05, 4.69) is 44.2 Å². The summed E-state index contributed by atoms with van der Waals surface area (Å²) in [4.78, 5) is 0.993. The van der Waals surface area contributed by atoms with Gasteiger partial charge in [-0.15, -0.1) is 0 Å². The van der Waals surface area contributed by atoms with Crippen molar-refractivity contribution in [2.45, 2.75) is 18.7 Å². The number of rotatable bonds is 3. The maximum atomic E-state index is 12.8. The second-order valence-electron chi connectivity index (χ2n) is 5.55. The molecule has 3 rings (SSSR count). The summed E-state index contributed by atoms with van der Waals surface area (Å²) in [7, 11) is -0.963. The molecule has 3 aromatic rings. The van der Waals surface area contributed by atoms with Crippen LogP contribution < -0.4 is 0 Å². The van der Waals surface area contributed by atoms with Gasteiger partial charge in [-0.05, 0) is 33.5 Å². The lowest BCUT2D eigenvalue weighted by Crippen LogP contribution is -2.05. The van der Waals surface area contributed by atoms with Crippen molar-refractivity contribution in [3.8, 4) is 0 Å². The van der Waals surface area contributed by atoms with E-state index in [1.807, 2.05) is 24.3 Å². The predicted molar refractivity (Wildman–Crippen MR) is 87.6 cm³/mol. The predicted octanol–water partition coefficient (Wildman–Crippen LogP) is 4.76. The Morgan fingerprint density at radius 2 is 1.40 bits per heavy atom. The van der Waals surface area contributed by atoms with Crippen LogP contribution in [-0.4, -0.2) is 9.96 Å². The van der Waals surface area contributed by atoms with E-state index in [1.165, 1.54) is 10.8 Å². The maximum absolute atomic E-state index is 12.8. The summed E-state index contributed by atoms with van der Waals surface area (Å²) in [5.41, 5.74) is 0. The van der Waals surface area contributed by atoms with Crippen LogP contribution in [0.5, 0.6) is 0 Å². The zero-order valence-electron chi connectivity index (χ0n) is 11.8. The van der Waals surface area contributed by atoms with Gasteiger partial charge in [0.1, 0.15) is 0 Å². The molecule has 102 valence electrons. The molecule has 0 spiro atoms. The highest BCUT2D eigenvalue weighted by atomic mass is 32.2. The van der Waals surface area contributed by atoms with Crippen molar-refractivity contribution in [1.29, 1.82) is 0 Å². The molecule has 0 N–H and O–H groups in total. The second-order valence-corrected chi connectivity index (χ2v) is 6.99. The molecule has 0 radical (unpaired) electrons. The van der Waals surface area contributed by atoms with Gasteiger partial charge in [-0.1, -0.05) is 62.4 Å². The molecular weight excluding hydrogens is 264 g/mol. The lowest BCUT2D eigenvalue weighted by molar-refractivity contribution is 0.666. The van der Waals surface area contributed by atoms with E-state index in [4.69, 9.17) is 0 Å². The van der Waals surface area contributed by atoms with Crippen molar-refractivity contribution in [2.24, 2.45) is 5.92 Å². The Morgan fingerprint density at radius 3 is 1.90 bits per heavy atom. The first-order chi connectivity index (χ1) is 9.66. The van der Waals surface area contributed by atoms with E-state index in [1.54, 1.807) is 0 Å². The van der Waals surface area contributed by atoms with Gasteiger partial charge in [0, 0.05) is 5.75 Å². The molecule has 0 aliphatic carbocycles. The van der Waals surface area contributed by atoms with E-state index in [9.17, 15) is 4.21 Å². The Hall–Kier alpha value is -1.67. The quantitative estimate of drug-likeness (QED) is 0.633. The minimum absolute atomic E-state index is 0.425. The maximum Gasteiger partial charge on any atom is 0.0544 e. The van der Waals surface area contributed by atoms with Crippen molar-refractivity contribution in [3.05, 3.63) is 54.6 Å². The summed E-state index contributed by atoms with van der Waals surface area (Å²) >= 11 is 0. The van der Waals surface area contributed by atoms with Crippen LogP contribution >= 0.6 is 0 Å². The molecule has 3 aromatic carbocycles. The summed E-state index contributed by atoms with van der Waals surface area (Å²) in [5.74, 6) is 1.13. The van der Waals surface area contributed by atoms with E-state index in [-0.39, 0.29) is 0 Å². The molecule has 2 heteroatoms. The van der Waals surface area contributed by atoms with Gasteiger partial charge in [-0.2, -0.15) is 0 Å². The fourth-order valence-electron chi connectivity index (χ4n) is 2.60. The van der Waals surface area contributed by atoms with Crippen LogP contribution in [0.3, 0.4) is 0 Å². The Kier molecular flexibility index (Phi) is 3.58. The third-order valence-electron chi connectivity index (χ3n) is 3.43. The Bertz CT molecular complexity index is 736. The first-order valence-corrected chi connectivity index (χ1v) is 8.27. The molecular formula is C18H18OS. The monoisotopic (exact) mass is 282 g/mol. The van der Waals surface area contributed by atoms with Crippen LogP contribution in [0.4, 0.5) is 0 Å². The molecule has 1 nitrogen and oxygen atoms in total. The summed E-state index contributed by atoms with van der Waals surface area (Å²) in [6.07, 6.45) is 0. The SMILES string of the molecule is CC(C)CS(=O)c1c2ccccc2cc2ccccc12. The number of benzene rings is 3. The molecule has 0 saturated heterocycles. The number of fused-ring (bicyclic) bond motifs is 2. The fraction of sp³-hybridized carbons (Fsp3) is 0.222. The normalized spacial score (nSPS) is 13.2. The Morgan fingerprint density at radius 1 is 0.900 bits per heavy atom. The molecule has 0 heterocycles. The molecule has 0 aromatic heterocycles. The standard InChI is InChI=1S/C18H18OS/c1-13(2)12-20(19)18-16-9-5-3-7-14(16)11-15-8-4-6-10-17(15)18/h3-11,13H,12H2,1-2H3. The van der Waals surface area contributed by atoms with Gasteiger partial charge in [-0.25, -0.2) is 0 Å². The molecule has 1 atom stereocenters. The smallest absolute Gasteiger partial charge is 0.0544 e. The van der Waals surface area contributed by atoms with E-state index >= 15 is 0 Å². The van der Waals surface area contributed by atoms with Crippen LogP contribution in [0.1, 0.15) is 13.8 Å². The highest BCUT2D eigenvalue weighted by molar-refractivity contribution is 7.85. The summed E-state index contributed by atoms with van der Waals surface area (Å²) in [5, 5.41) is 4.56. The molecule has 0 amide bonds. The van der Waals surface area contributed by atoms with Gasteiger partial charge >= 0.3 is 0 Å². The van der Waals surface area contributed by atoms with Gasteiger partial charge in [-0.3, -0.25) is 4.21 Å². The zero-order valence-corrected chi connectivity index (χ0v) is 12.6. The van der Waals surface area contributed by atoms with Crippen molar-refractivity contribution in [1.82, 2.24) is 0 Å². The first kappa shape index (κ1) is 13.3. The molecule has 0 saturated carbocycles. The van der Waals surface area contributed by atoms with Crippen LogP contribution in [-0.2, 0) is 10.8 Å². The van der Waals surface area contributed by atoms with E-state index in [0.717, 1.165) is 15.7 Å². The Balaban J connectivity index is 2.36. The average molecular weight is 282 g/mol. The van der Waals surface area contributed by atoms with Crippen molar-refractivity contribution in [3.63, 3.8) is 0 Å². The zero-order chi connectivity index (χ0) is 14.1. The number of hydrogen-bond donors (Lipinski definition) is 0. The van der Waals surface area contributed by atoms with Gasteiger partial charge < -0.3 is 0 Å². The van der Waals surface area contributed by atoms with Gasteiger partial charge in [0.15, 0.2) is 0 Å². The molecule has 0 bridgehead atoms. The van der Waals surface area contributed by atoms with Crippen LogP contribution in [0.2, 0.25) is 0 Å². The van der Waals surface area contributed by atoms with Crippen LogP contribution in [0.15, 0.2) is 59.5 Å². The molecule has 1 unspecified atom stereocenters. The van der Waals surface area contributed by atoms with Crippen LogP contribution in [0.25, 0.3) is 21.5 Å². The minimum atomic E-state index is -0.963. The molecule has 0 aliphatic rings. The summed E-state index contributed by atoms with van der Waals surface area (Å²) in [6.45, 7) is 4.23. The van der Waals surface area contributed by atoms with E-state index in [0.29, 0.717) is 11.7 Å². The van der Waals surface area contributed by atoms with Gasteiger partial charge in [0.2, 0.25) is 0 Å². The van der Waals surface area contributed by atoms with Gasteiger partial charge in [0.05, 0.1) is 15.7 Å². The summed E-state index contributed by atoms with van der Waals surface area (Å²) < 4.78 is 12.8. The molecule has 0 aliphatic heterocycles. The average Bonchev–Trinajstić information content (AvgIpc) is 2.43. The second kappa shape index (κ2) is 5.37. The van der Waals surface area contributed by atoms with Crippen molar-refractivity contribution < 1.29 is 4.21 Å². The largest absolute Gasteiger partial charge is 0.254 e. The van der Waals surface area contributed by atoms with Crippen molar-refractivity contribution >= 4 is 32.3 Å². The van der Waals surface area contributed by atoms with Gasteiger partial charge in [0.25, 0.3) is 0 Å². The third-order valence-corrected chi connectivity index (χ3v) is 5.30. The first-order valence-electron chi connectivity index (χ1n) is 6.95. The van der Waals surface area contributed by atoms with Crippen molar-refractivity contribution in [2.75, 3.05) is 5.75 Å². The highest BCUT2D eigenvalue weighted by Gasteiger charge is 2.14. The lowest BCUT2D eigenvalue weighted by atomic mass is 10.0. The van der Waals surface area contributed by atoms with E-state index < -0.39 is 10.8 Å². The highest BCUT2D eigenvalue weighted by Crippen LogP contribution is 2.31. The third kappa shape index (κ3) is 2.36. The lowest BCUT2D eigenvalue weighted by Gasteiger charge is -2.12. The molecule has 0 fully saturated rings. The molecule has 20 heavy (non-hydrogen) atoms. The topological polar surface area (TPSA) is 17.1 Å². The Labute approximate surface area is 122 Å². The number of hydrogen-bond acceptors (Lipinski definition) is 1.